The van der Waals surface area contributed by atoms with Gasteiger partial charge >= 0.3 is 0 Å². The molecule has 0 heterocycles. The summed E-state index contributed by atoms with van der Waals surface area (Å²) in [5.41, 5.74) is 0. The summed E-state index contributed by atoms with van der Waals surface area (Å²) >= 11 is 0. The van der Waals surface area contributed by atoms with Crippen molar-refractivity contribution < 1.29 is 14.4 Å². The average Bonchev–Trinajstić information content (AvgIpc) is 1.96. The van der Waals surface area contributed by atoms with Crippen molar-refractivity contribution in [3.05, 3.63) is 0 Å². The van der Waals surface area contributed by atoms with Crippen LogP contribution < -0.4 is 5.32 Å². The largest absolute Gasteiger partial charge is 0.347 e. The zero-order chi connectivity index (χ0) is 9.56. The zero-order valence-corrected chi connectivity index (χ0v) is 7.29. The summed E-state index contributed by atoms with van der Waals surface area (Å²) in [4.78, 5) is 31.4. The summed E-state index contributed by atoms with van der Waals surface area (Å²) in [6.45, 7) is 2.74. The molecule has 0 aromatic rings. The van der Waals surface area contributed by atoms with Crippen LogP contribution in [0.5, 0.6) is 0 Å². The number of nitrogens with one attached hydrogen (secondary N) is 1. The lowest BCUT2D eigenvalue weighted by Crippen LogP contribution is -2.38. The Kier molecular flexibility index (Phi) is 4.92. The third kappa shape index (κ3) is 4.60. The summed E-state index contributed by atoms with van der Waals surface area (Å²) < 4.78 is 0. The molecule has 0 spiro atoms. The van der Waals surface area contributed by atoms with Gasteiger partial charge in [-0.15, -0.1) is 0 Å². The van der Waals surface area contributed by atoms with Crippen LogP contribution in [0.1, 0.15) is 26.7 Å². The number of carbonyl (C=O) groups is 3. The van der Waals surface area contributed by atoms with Gasteiger partial charge in [0.15, 0.2) is 5.78 Å². The molecule has 1 unspecified atom stereocenters. The van der Waals surface area contributed by atoms with Crippen molar-refractivity contribution >= 4 is 18.0 Å². The zero-order valence-electron chi connectivity index (χ0n) is 7.29. The van der Waals surface area contributed by atoms with Crippen LogP contribution in [0, 0.1) is 0 Å². The molecular formula is C8H13NO3. The van der Waals surface area contributed by atoms with Crippen molar-refractivity contribution in [2.24, 2.45) is 0 Å². The predicted molar refractivity (Wildman–Crippen MR) is 43.6 cm³/mol. The molecule has 0 bridgehead atoms. The Balaban J connectivity index is 3.94. The van der Waals surface area contributed by atoms with Crippen LogP contribution in [-0.2, 0) is 14.4 Å². The molecule has 0 aromatic carbocycles. The van der Waals surface area contributed by atoms with E-state index in [1.54, 1.807) is 0 Å². The molecule has 12 heavy (non-hydrogen) atoms. The van der Waals surface area contributed by atoms with Crippen molar-refractivity contribution in [3.8, 4) is 0 Å². The molecule has 4 nitrogen and oxygen atoms in total. The first-order valence-corrected chi connectivity index (χ1v) is 3.79. The molecule has 4 heteroatoms. The summed E-state index contributed by atoms with van der Waals surface area (Å²) in [5.74, 6) is -0.367. The van der Waals surface area contributed by atoms with Crippen molar-refractivity contribution in [1.29, 1.82) is 0 Å². The molecule has 0 aliphatic heterocycles. The van der Waals surface area contributed by atoms with Crippen LogP contribution >= 0.6 is 0 Å². The number of carbonyl (C=O) groups excluding carboxylic acids is 3. The molecule has 0 aliphatic carbocycles. The highest BCUT2D eigenvalue weighted by Gasteiger charge is 2.13. The van der Waals surface area contributed by atoms with E-state index in [-0.39, 0.29) is 11.7 Å². The lowest BCUT2D eigenvalue weighted by molar-refractivity contribution is -0.126. The van der Waals surface area contributed by atoms with E-state index < -0.39 is 6.04 Å². The number of rotatable bonds is 5. The standard InChI is InChI=1S/C8H13NO3/c1-6(11)8(4-3-5-10)9-7(2)12/h5,8H,3-4H2,1-2H3,(H,9,12). The minimum Gasteiger partial charge on any atom is -0.347 e. The van der Waals surface area contributed by atoms with Crippen molar-refractivity contribution in [2.75, 3.05) is 0 Å². The van der Waals surface area contributed by atoms with E-state index in [0.717, 1.165) is 6.29 Å². The van der Waals surface area contributed by atoms with E-state index in [2.05, 4.69) is 5.32 Å². The smallest absolute Gasteiger partial charge is 0.217 e. The average molecular weight is 171 g/mol. The lowest BCUT2D eigenvalue weighted by atomic mass is 10.1. The Morgan fingerprint density at radius 1 is 1.42 bits per heavy atom. The Morgan fingerprint density at radius 3 is 2.33 bits per heavy atom. The van der Waals surface area contributed by atoms with Crippen LogP contribution in [0.2, 0.25) is 0 Å². The van der Waals surface area contributed by atoms with E-state index in [4.69, 9.17) is 0 Å². The second kappa shape index (κ2) is 5.46. The van der Waals surface area contributed by atoms with Crippen LogP contribution in [0.15, 0.2) is 0 Å². The first kappa shape index (κ1) is 10.8. The molecule has 0 rings (SSSR count). The Morgan fingerprint density at radius 2 is 2.00 bits per heavy atom. The number of hydrogen-bond donors (Lipinski definition) is 1. The first-order valence-electron chi connectivity index (χ1n) is 3.79. The van der Waals surface area contributed by atoms with E-state index in [0.29, 0.717) is 12.8 Å². The fraction of sp³-hybridized carbons (Fsp3) is 0.625. The Bertz CT molecular complexity index is 189. The fourth-order valence-corrected chi connectivity index (χ4v) is 0.857. The number of Topliss-reactive ketones (excluding diaryl/α,β-unsaturated/α-hetero) is 1. The van der Waals surface area contributed by atoms with Gasteiger partial charge in [-0.25, -0.2) is 0 Å². The maximum absolute atomic E-state index is 10.9. The van der Waals surface area contributed by atoms with Gasteiger partial charge in [-0.3, -0.25) is 9.59 Å². The Labute approximate surface area is 71.3 Å². The van der Waals surface area contributed by atoms with Gasteiger partial charge in [0.1, 0.15) is 6.29 Å². The van der Waals surface area contributed by atoms with Crippen LogP contribution in [0.4, 0.5) is 0 Å². The summed E-state index contributed by atoms with van der Waals surface area (Å²) in [7, 11) is 0. The van der Waals surface area contributed by atoms with Crippen LogP contribution in [0.25, 0.3) is 0 Å². The van der Waals surface area contributed by atoms with Crippen LogP contribution in [0.3, 0.4) is 0 Å². The summed E-state index contributed by atoms with van der Waals surface area (Å²) in [5, 5.41) is 2.47. The van der Waals surface area contributed by atoms with Crippen molar-refractivity contribution in [1.82, 2.24) is 5.32 Å². The van der Waals surface area contributed by atoms with E-state index in [9.17, 15) is 14.4 Å². The third-order valence-electron chi connectivity index (χ3n) is 1.44. The maximum Gasteiger partial charge on any atom is 0.217 e. The second-order valence-electron chi connectivity index (χ2n) is 2.61. The van der Waals surface area contributed by atoms with E-state index in [1.807, 2.05) is 0 Å². The predicted octanol–water partition coefficient (Wildman–Crippen LogP) is 0.0592. The van der Waals surface area contributed by atoms with Gasteiger partial charge in [-0.2, -0.15) is 0 Å². The van der Waals surface area contributed by atoms with Crippen molar-refractivity contribution in [3.63, 3.8) is 0 Å². The molecule has 0 aromatic heterocycles. The van der Waals surface area contributed by atoms with Crippen LogP contribution in [-0.4, -0.2) is 24.0 Å². The van der Waals surface area contributed by atoms with Gasteiger partial charge in [-0.1, -0.05) is 0 Å². The second-order valence-corrected chi connectivity index (χ2v) is 2.61. The third-order valence-corrected chi connectivity index (χ3v) is 1.44. The summed E-state index contributed by atoms with van der Waals surface area (Å²) in [6.07, 6.45) is 1.42. The molecular weight excluding hydrogens is 158 g/mol. The molecule has 0 saturated heterocycles. The molecule has 1 amide bonds. The molecule has 1 atom stereocenters. The fourth-order valence-electron chi connectivity index (χ4n) is 0.857. The minimum absolute atomic E-state index is 0.118. The molecule has 1 N–H and O–H groups in total. The number of ketones is 1. The maximum atomic E-state index is 10.9. The van der Waals surface area contributed by atoms with E-state index >= 15 is 0 Å². The van der Waals surface area contributed by atoms with Gasteiger partial charge in [-0.05, 0) is 13.3 Å². The quantitative estimate of drug-likeness (QED) is 0.595. The normalized spacial score (nSPS) is 11.8. The topological polar surface area (TPSA) is 63.2 Å². The molecule has 0 radical (unpaired) electrons. The van der Waals surface area contributed by atoms with Gasteiger partial charge < -0.3 is 10.1 Å². The molecule has 68 valence electrons. The van der Waals surface area contributed by atoms with Gasteiger partial charge in [0.25, 0.3) is 0 Å². The molecule has 0 aliphatic rings. The number of hydrogen-bond acceptors (Lipinski definition) is 3. The van der Waals surface area contributed by atoms with Gasteiger partial charge in [0.05, 0.1) is 6.04 Å². The highest BCUT2D eigenvalue weighted by Crippen LogP contribution is 1.96. The highest BCUT2D eigenvalue weighted by atomic mass is 16.2. The van der Waals surface area contributed by atoms with Gasteiger partial charge in [0.2, 0.25) is 5.91 Å². The minimum atomic E-state index is -0.507. The van der Waals surface area contributed by atoms with Crippen molar-refractivity contribution in [2.45, 2.75) is 32.7 Å². The number of amides is 1. The van der Waals surface area contributed by atoms with Gasteiger partial charge in [0, 0.05) is 13.3 Å². The Hall–Kier alpha value is -1.19. The molecule has 0 saturated carbocycles. The SMILES string of the molecule is CC(=O)NC(CCC=O)C(C)=O. The highest BCUT2D eigenvalue weighted by molar-refractivity contribution is 5.86. The first-order chi connectivity index (χ1) is 5.57. The van der Waals surface area contributed by atoms with E-state index in [1.165, 1.54) is 13.8 Å². The molecule has 0 fully saturated rings. The number of aldehydes is 1. The lowest BCUT2D eigenvalue weighted by Gasteiger charge is -2.12. The summed E-state index contributed by atoms with van der Waals surface area (Å²) in [6, 6.07) is -0.507. The monoisotopic (exact) mass is 171 g/mol.